The maximum absolute atomic E-state index is 12.9. The first kappa shape index (κ1) is 24.2. The molecule has 0 saturated carbocycles. The van der Waals surface area contributed by atoms with Gasteiger partial charge in [0.25, 0.3) is 0 Å². The van der Waals surface area contributed by atoms with Crippen LogP contribution >= 0.6 is 7.14 Å². The molecular formula is C22H47OP. The Morgan fingerprint density at radius 3 is 1.46 bits per heavy atom. The SMILES string of the molecule is CCCCCCCCCCP(C)(=O)C(C)CCCCCCCCC. The molecule has 0 aromatic rings. The molecule has 0 N–H and O–H groups in total. The molecule has 0 aliphatic rings. The molecule has 0 heterocycles. The van der Waals surface area contributed by atoms with Gasteiger partial charge in [0.05, 0.1) is 7.14 Å². The lowest BCUT2D eigenvalue weighted by Crippen LogP contribution is -2.06. The van der Waals surface area contributed by atoms with E-state index in [0.29, 0.717) is 5.66 Å². The van der Waals surface area contributed by atoms with E-state index < -0.39 is 7.14 Å². The number of hydrogen-bond donors (Lipinski definition) is 0. The maximum atomic E-state index is 12.9. The summed E-state index contributed by atoms with van der Waals surface area (Å²) in [4.78, 5) is 0. The smallest absolute Gasteiger partial charge is 0.0874 e. The van der Waals surface area contributed by atoms with Crippen molar-refractivity contribution in [2.24, 2.45) is 0 Å². The second-order valence-electron chi connectivity index (χ2n) is 8.13. The predicted octanol–water partition coefficient (Wildman–Crippen LogP) is 8.65. The normalized spacial score (nSPS) is 15.3. The van der Waals surface area contributed by atoms with Gasteiger partial charge in [0.15, 0.2) is 0 Å². The van der Waals surface area contributed by atoms with E-state index in [-0.39, 0.29) is 0 Å². The maximum Gasteiger partial charge on any atom is 0.0874 e. The van der Waals surface area contributed by atoms with E-state index in [2.05, 4.69) is 27.4 Å². The summed E-state index contributed by atoms with van der Waals surface area (Å²) < 4.78 is 12.9. The molecule has 146 valence electrons. The lowest BCUT2D eigenvalue weighted by molar-refractivity contribution is 0.542. The van der Waals surface area contributed by atoms with Crippen molar-refractivity contribution in [2.75, 3.05) is 12.8 Å². The summed E-state index contributed by atoms with van der Waals surface area (Å²) >= 11 is 0. The summed E-state index contributed by atoms with van der Waals surface area (Å²) in [6, 6.07) is 0. The van der Waals surface area contributed by atoms with Gasteiger partial charge < -0.3 is 4.57 Å². The lowest BCUT2D eigenvalue weighted by atomic mass is 10.1. The van der Waals surface area contributed by atoms with Crippen LogP contribution < -0.4 is 0 Å². The molecule has 2 atom stereocenters. The van der Waals surface area contributed by atoms with Gasteiger partial charge in [0.2, 0.25) is 0 Å². The fourth-order valence-electron chi connectivity index (χ4n) is 3.45. The van der Waals surface area contributed by atoms with Crippen molar-refractivity contribution in [1.82, 2.24) is 0 Å². The van der Waals surface area contributed by atoms with Crippen molar-refractivity contribution in [1.29, 1.82) is 0 Å². The largest absolute Gasteiger partial charge is 0.324 e. The van der Waals surface area contributed by atoms with Gasteiger partial charge in [-0.2, -0.15) is 0 Å². The Labute approximate surface area is 154 Å². The molecule has 24 heavy (non-hydrogen) atoms. The van der Waals surface area contributed by atoms with Crippen LogP contribution in [0.25, 0.3) is 0 Å². The highest BCUT2D eigenvalue weighted by Crippen LogP contribution is 2.49. The summed E-state index contributed by atoms with van der Waals surface area (Å²) in [5.74, 6) is 0. The van der Waals surface area contributed by atoms with Crippen LogP contribution in [0, 0.1) is 0 Å². The molecule has 0 bridgehead atoms. The summed E-state index contributed by atoms with van der Waals surface area (Å²) in [5.41, 5.74) is 0.442. The Morgan fingerprint density at radius 2 is 1.00 bits per heavy atom. The van der Waals surface area contributed by atoms with Crippen LogP contribution in [0.3, 0.4) is 0 Å². The van der Waals surface area contributed by atoms with Gasteiger partial charge in [-0.25, -0.2) is 0 Å². The molecule has 0 rings (SSSR count). The van der Waals surface area contributed by atoms with Crippen molar-refractivity contribution >= 4 is 7.14 Å². The minimum Gasteiger partial charge on any atom is -0.324 e. The number of unbranched alkanes of at least 4 members (excludes halogenated alkanes) is 13. The van der Waals surface area contributed by atoms with Crippen LogP contribution in [0.4, 0.5) is 0 Å². The van der Waals surface area contributed by atoms with E-state index in [0.717, 1.165) is 6.16 Å². The third-order valence-electron chi connectivity index (χ3n) is 5.61. The van der Waals surface area contributed by atoms with E-state index in [9.17, 15) is 4.57 Å². The highest BCUT2D eigenvalue weighted by molar-refractivity contribution is 7.63. The zero-order valence-electron chi connectivity index (χ0n) is 17.5. The van der Waals surface area contributed by atoms with E-state index in [1.807, 2.05) is 0 Å². The zero-order valence-corrected chi connectivity index (χ0v) is 18.3. The molecule has 1 nitrogen and oxygen atoms in total. The van der Waals surface area contributed by atoms with E-state index in [1.54, 1.807) is 0 Å². The Balaban J connectivity index is 3.58. The fourth-order valence-corrected chi connectivity index (χ4v) is 5.47. The lowest BCUT2D eigenvalue weighted by Gasteiger charge is -2.21. The molecule has 0 spiro atoms. The van der Waals surface area contributed by atoms with Crippen LogP contribution in [0.1, 0.15) is 124 Å². The van der Waals surface area contributed by atoms with Crippen LogP contribution in [-0.2, 0) is 4.57 Å². The second-order valence-corrected chi connectivity index (χ2v) is 11.8. The topological polar surface area (TPSA) is 17.1 Å². The summed E-state index contributed by atoms with van der Waals surface area (Å²) in [7, 11) is -1.92. The molecule has 0 saturated heterocycles. The summed E-state index contributed by atoms with van der Waals surface area (Å²) in [5, 5.41) is 0. The molecule has 0 amide bonds. The Kier molecular flexibility index (Phi) is 16.8. The Hall–Kier alpha value is 0.230. The third-order valence-corrected chi connectivity index (χ3v) is 8.94. The summed E-state index contributed by atoms with van der Waals surface area (Å²) in [6.45, 7) is 8.85. The van der Waals surface area contributed by atoms with Crippen molar-refractivity contribution < 1.29 is 4.57 Å². The molecule has 0 aromatic carbocycles. The van der Waals surface area contributed by atoms with Crippen molar-refractivity contribution in [3.05, 3.63) is 0 Å². The fraction of sp³-hybridized carbons (Fsp3) is 1.00. The van der Waals surface area contributed by atoms with E-state index in [4.69, 9.17) is 0 Å². The van der Waals surface area contributed by atoms with Gasteiger partial charge in [-0.05, 0) is 19.5 Å². The minimum atomic E-state index is -1.92. The van der Waals surface area contributed by atoms with Crippen LogP contribution in [-0.4, -0.2) is 18.5 Å². The molecule has 0 aromatic heterocycles. The first-order chi connectivity index (χ1) is 11.5. The van der Waals surface area contributed by atoms with Gasteiger partial charge in [0, 0.05) is 11.8 Å². The second kappa shape index (κ2) is 16.7. The molecular weight excluding hydrogens is 311 g/mol. The van der Waals surface area contributed by atoms with Gasteiger partial charge in [-0.1, -0.05) is 111 Å². The quantitative estimate of drug-likeness (QED) is 0.177. The monoisotopic (exact) mass is 358 g/mol. The zero-order chi connectivity index (χ0) is 18.1. The molecule has 2 heteroatoms. The number of rotatable bonds is 18. The van der Waals surface area contributed by atoms with Gasteiger partial charge >= 0.3 is 0 Å². The van der Waals surface area contributed by atoms with Crippen LogP contribution in [0.15, 0.2) is 0 Å². The van der Waals surface area contributed by atoms with Crippen molar-refractivity contribution in [3.63, 3.8) is 0 Å². The molecule has 0 aliphatic carbocycles. The van der Waals surface area contributed by atoms with Gasteiger partial charge in [0.1, 0.15) is 0 Å². The van der Waals surface area contributed by atoms with E-state index in [1.165, 1.54) is 103 Å². The van der Waals surface area contributed by atoms with Gasteiger partial charge in [-0.3, -0.25) is 0 Å². The number of hydrogen-bond acceptors (Lipinski definition) is 1. The van der Waals surface area contributed by atoms with Crippen molar-refractivity contribution in [3.8, 4) is 0 Å². The molecule has 0 fully saturated rings. The highest BCUT2D eigenvalue weighted by Gasteiger charge is 2.22. The average molecular weight is 359 g/mol. The molecule has 2 unspecified atom stereocenters. The van der Waals surface area contributed by atoms with Crippen LogP contribution in [0.5, 0.6) is 0 Å². The predicted molar refractivity (Wildman–Crippen MR) is 113 cm³/mol. The van der Waals surface area contributed by atoms with Gasteiger partial charge in [-0.15, -0.1) is 0 Å². The Morgan fingerprint density at radius 1 is 0.625 bits per heavy atom. The third kappa shape index (κ3) is 14.6. The first-order valence-electron chi connectivity index (χ1n) is 11.1. The van der Waals surface area contributed by atoms with Crippen molar-refractivity contribution in [2.45, 2.75) is 129 Å². The highest BCUT2D eigenvalue weighted by atomic mass is 31.2. The average Bonchev–Trinajstić information content (AvgIpc) is 2.56. The standard InChI is InChI=1S/C22H47OP/c1-5-7-9-11-13-15-17-19-21-24(4,23)22(3)20-18-16-14-12-10-8-6-2/h22H,5-21H2,1-4H3. The van der Waals surface area contributed by atoms with E-state index >= 15 is 0 Å². The van der Waals surface area contributed by atoms with Crippen LogP contribution in [0.2, 0.25) is 0 Å². The minimum absolute atomic E-state index is 0.442. The molecule has 0 radical (unpaired) electrons. The first-order valence-corrected chi connectivity index (χ1v) is 13.5. The molecule has 0 aliphatic heterocycles. The summed E-state index contributed by atoms with van der Waals surface area (Å²) in [6.07, 6.45) is 22.4. The Bertz CT molecular complexity index is 300.